The van der Waals surface area contributed by atoms with Crippen molar-refractivity contribution in [3.63, 3.8) is 0 Å². The number of ether oxygens (including phenoxy) is 2. The highest BCUT2D eigenvalue weighted by molar-refractivity contribution is 6.16. The summed E-state index contributed by atoms with van der Waals surface area (Å²) in [5, 5.41) is 9.60. The topological polar surface area (TPSA) is 55.8 Å². The molecular formula is C12H13FO4. The minimum Gasteiger partial charge on any atom is -0.507 e. The van der Waals surface area contributed by atoms with Crippen molar-refractivity contribution in [1.29, 1.82) is 0 Å². The van der Waals surface area contributed by atoms with Crippen molar-refractivity contribution >= 4 is 11.5 Å². The molecule has 0 saturated carbocycles. The summed E-state index contributed by atoms with van der Waals surface area (Å²) in [7, 11) is 0. The molecule has 5 heteroatoms. The fourth-order valence-electron chi connectivity index (χ4n) is 1.25. The van der Waals surface area contributed by atoms with Crippen molar-refractivity contribution in [2.24, 2.45) is 0 Å². The number of carbonyl (C=O) groups excluding carboxylic acids is 1. The predicted octanol–water partition coefficient (Wildman–Crippen LogP) is 2.24. The first-order chi connectivity index (χ1) is 8.20. The van der Waals surface area contributed by atoms with Crippen molar-refractivity contribution in [3.8, 4) is 5.75 Å². The fourth-order valence-corrected chi connectivity index (χ4v) is 1.25. The fraction of sp³-hybridized carbons (Fsp3) is 0.250. The third kappa shape index (κ3) is 3.48. The number of carbonyl (C=O) groups is 1. The van der Waals surface area contributed by atoms with Crippen LogP contribution in [-0.2, 0) is 14.3 Å². The molecule has 0 unspecified atom stereocenters. The van der Waals surface area contributed by atoms with Crippen LogP contribution in [0.2, 0.25) is 0 Å². The van der Waals surface area contributed by atoms with E-state index in [2.05, 4.69) is 4.74 Å². The number of esters is 1. The molecule has 1 rings (SSSR count). The van der Waals surface area contributed by atoms with Crippen molar-refractivity contribution in [2.75, 3.05) is 13.5 Å². The van der Waals surface area contributed by atoms with Crippen LogP contribution in [0.25, 0.3) is 5.57 Å². The molecule has 0 aliphatic rings. The smallest absolute Gasteiger partial charge is 0.342 e. The van der Waals surface area contributed by atoms with Gasteiger partial charge in [-0.2, -0.15) is 0 Å². The van der Waals surface area contributed by atoms with Gasteiger partial charge >= 0.3 is 5.97 Å². The number of phenols is 1. The lowest BCUT2D eigenvalue weighted by Crippen LogP contribution is -2.07. The van der Waals surface area contributed by atoms with Gasteiger partial charge in [0.25, 0.3) is 0 Å². The molecule has 0 saturated heterocycles. The molecule has 0 heterocycles. The third-order valence-corrected chi connectivity index (χ3v) is 1.95. The molecule has 0 bridgehead atoms. The summed E-state index contributed by atoms with van der Waals surface area (Å²) in [6.07, 6.45) is 0.938. The van der Waals surface area contributed by atoms with Crippen molar-refractivity contribution in [2.45, 2.75) is 6.92 Å². The zero-order chi connectivity index (χ0) is 12.7. The van der Waals surface area contributed by atoms with Gasteiger partial charge in [0.05, 0.1) is 6.61 Å². The van der Waals surface area contributed by atoms with Crippen LogP contribution in [-0.4, -0.2) is 24.5 Å². The molecular weight excluding hydrogens is 227 g/mol. The van der Waals surface area contributed by atoms with Crippen molar-refractivity contribution in [1.82, 2.24) is 0 Å². The van der Waals surface area contributed by atoms with Crippen LogP contribution in [0.4, 0.5) is 4.39 Å². The van der Waals surface area contributed by atoms with Gasteiger partial charge in [0.15, 0.2) is 0 Å². The van der Waals surface area contributed by atoms with Crippen LogP contribution in [0.15, 0.2) is 30.5 Å². The Balaban J connectivity index is 3.07. The van der Waals surface area contributed by atoms with Gasteiger partial charge < -0.3 is 14.6 Å². The van der Waals surface area contributed by atoms with Gasteiger partial charge in [-0.1, -0.05) is 18.2 Å². The highest BCUT2D eigenvalue weighted by atomic mass is 19.1. The van der Waals surface area contributed by atoms with Crippen LogP contribution in [0, 0.1) is 0 Å². The van der Waals surface area contributed by atoms with Crippen molar-refractivity contribution in [3.05, 3.63) is 36.1 Å². The summed E-state index contributed by atoms with van der Waals surface area (Å²) in [4.78, 5) is 11.6. The number of alkyl halides is 1. The minimum absolute atomic E-state index is 0.0254. The number of benzene rings is 1. The first-order valence-corrected chi connectivity index (χ1v) is 5.04. The quantitative estimate of drug-likeness (QED) is 0.487. The molecule has 92 valence electrons. The lowest BCUT2D eigenvalue weighted by molar-refractivity contribution is -0.136. The Bertz CT molecular complexity index is 415. The second-order valence-electron chi connectivity index (χ2n) is 3.04. The molecule has 0 aliphatic heterocycles. The first-order valence-electron chi connectivity index (χ1n) is 5.04. The number of hydrogen-bond acceptors (Lipinski definition) is 4. The maximum Gasteiger partial charge on any atom is 0.342 e. The molecule has 0 atom stereocenters. The average molecular weight is 240 g/mol. The van der Waals surface area contributed by atoms with Crippen LogP contribution in [0.5, 0.6) is 5.75 Å². The lowest BCUT2D eigenvalue weighted by Gasteiger charge is -2.08. The second-order valence-corrected chi connectivity index (χ2v) is 3.04. The molecule has 1 aromatic rings. The maximum atomic E-state index is 11.9. The van der Waals surface area contributed by atoms with Gasteiger partial charge in [-0.15, -0.1) is 0 Å². The van der Waals surface area contributed by atoms with E-state index in [-0.39, 0.29) is 23.5 Å². The summed E-state index contributed by atoms with van der Waals surface area (Å²) in [5.41, 5.74) is 0.210. The number of rotatable bonds is 5. The van der Waals surface area contributed by atoms with E-state index in [9.17, 15) is 14.3 Å². The van der Waals surface area contributed by atoms with Crippen molar-refractivity contribution < 1.29 is 23.8 Å². The largest absolute Gasteiger partial charge is 0.507 e. The zero-order valence-electron chi connectivity index (χ0n) is 9.35. The Morgan fingerprint density at radius 3 is 2.76 bits per heavy atom. The standard InChI is InChI=1S/C12H13FO4/c1-2-17-12(15)10(7-16-8-13)9-5-3-4-6-11(9)14/h3-7,14H,2,8H2,1H3. The summed E-state index contributed by atoms with van der Waals surface area (Å²) >= 11 is 0. The van der Waals surface area contributed by atoms with Gasteiger partial charge in [-0.3, -0.25) is 0 Å². The summed E-state index contributed by atoms with van der Waals surface area (Å²) in [5.74, 6) is -0.781. The Hall–Kier alpha value is -2.04. The third-order valence-electron chi connectivity index (χ3n) is 1.95. The molecule has 1 aromatic carbocycles. The zero-order valence-corrected chi connectivity index (χ0v) is 9.35. The number of hydrogen-bond donors (Lipinski definition) is 1. The molecule has 1 N–H and O–H groups in total. The normalized spacial score (nSPS) is 11.1. The molecule has 0 radical (unpaired) electrons. The van der Waals surface area contributed by atoms with Gasteiger partial charge in [-0.25, -0.2) is 9.18 Å². The lowest BCUT2D eigenvalue weighted by atomic mass is 10.1. The van der Waals surface area contributed by atoms with E-state index in [4.69, 9.17) is 4.74 Å². The van der Waals surface area contributed by atoms with Crippen LogP contribution in [0.1, 0.15) is 12.5 Å². The van der Waals surface area contributed by atoms with E-state index < -0.39 is 12.8 Å². The Morgan fingerprint density at radius 1 is 1.47 bits per heavy atom. The average Bonchev–Trinajstić information content (AvgIpc) is 2.32. The molecule has 0 fully saturated rings. The minimum atomic E-state index is -1.06. The van der Waals surface area contributed by atoms with Gasteiger partial charge in [0.2, 0.25) is 6.86 Å². The van der Waals surface area contributed by atoms with E-state index >= 15 is 0 Å². The number of halogens is 1. The number of para-hydroxylation sites is 1. The van der Waals surface area contributed by atoms with E-state index in [1.807, 2.05) is 0 Å². The van der Waals surface area contributed by atoms with Gasteiger partial charge in [0.1, 0.15) is 17.6 Å². The van der Waals surface area contributed by atoms with E-state index in [0.717, 1.165) is 6.26 Å². The Morgan fingerprint density at radius 2 is 2.18 bits per heavy atom. The summed E-state index contributed by atoms with van der Waals surface area (Å²) in [6.45, 7) is 0.770. The summed E-state index contributed by atoms with van der Waals surface area (Å²) < 4.78 is 21.2. The number of phenolic OH excluding ortho intramolecular Hbond substituents is 1. The molecule has 17 heavy (non-hydrogen) atoms. The number of aromatic hydroxyl groups is 1. The van der Waals surface area contributed by atoms with E-state index in [1.165, 1.54) is 12.1 Å². The molecule has 0 amide bonds. The molecule has 0 aromatic heterocycles. The monoisotopic (exact) mass is 240 g/mol. The van der Waals surface area contributed by atoms with Crippen LogP contribution >= 0.6 is 0 Å². The van der Waals surface area contributed by atoms with Crippen LogP contribution < -0.4 is 0 Å². The summed E-state index contributed by atoms with van der Waals surface area (Å²) in [6, 6.07) is 6.17. The maximum absolute atomic E-state index is 11.9. The van der Waals surface area contributed by atoms with E-state index in [1.54, 1.807) is 19.1 Å². The van der Waals surface area contributed by atoms with Gasteiger partial charge in [0, 0.05) is 5.56 Å². The Kier molecular flexibility index (Phi) is 5.00. The molecule has 4 nitrogen and oxygen atoms in total. The predicted molar refractivity (Wildman–Crippen MR) is 59.8 cm³/mol. The second kappa shape index (κ2) is 6.52. The van der Waals surface area contributed by atoms with Crippen LogP contribution in [0.3, 0.4) is 0 Å². The molecule has 0 aliphatic carbocycles. The highest BCUT2D eigenvalue weighted by Crippen LogP contribution is 2.25. The first kappa shape index (κ1) is 13.0. The highest BCUT2D eigenvalue weighted by Gasteiger charge is 2.16. The van der Waals surface area contributed by atoms with E-state index in [0.29, 0.717) is 0 Å². The SMILES string of the molecule is CCOC(=O)C(=COCF)c1ccccc1O. The Labute approximate surface area is 98.3 Å². The van der Waals surface area contributed by atoms with Gasteiger partial charge in [-0.05, 0) is 13.0 Å². The molecule has 0 spiro atoms.